The third-order valence-corrected chi connectivity index (χ3v) is 5.14. The minimum atomic E-state index is -0.128. The normalized spacial score (nSPS) is 18.4. The highest BCUT2D eigenvalue weighted by molar-refractivity contribution is 5.74. The lowest BCUT2D eigenvalue weighted by molar-refractivity contribution is 0.0375. The van der Waals surface area contributed by atoms with Gasteiger partial charge in [0, 0.05) is 64.3 Å². The molecule has 0 aromatic carbocycles. The van der Waals surface area contributed by atoms with Crippen molar-refractivity contribution >= 4 is 6.03 Å². The molecule has 28 heavy (non-hydrogen) atoms. The van der Waals surface area contributed by atoms with Gasteiger partial charge in [0.25, 0.3) is 5.56 Å². The van der Waals surface area contributed by atoms with Crippen LogP contribution in [-0.2, 0) is 11.3 Å². The molecule has 2 saturated heterocycles. The summed E-state index contributed by atoms with van der Waals surface area (Å²) >= 11 is 0. The Morgan fingerprint density at radius 3 is 2.46 bits per heavy atom. The molecule has 0 unspecified atom stereocenters. The minimum absolute atomic E-state index is 0.104. The van der Waals surface area contributed by atoms with Gasteiger partial charge in [0.2, 0.25) is 0 Å². The van der Waals surface area contributed by atoms with Crippen molar-refractivity contribution in [3.63, 3.8) is 0 Å². The maximum atomic E-state index is 12.5. The Labute approximate surface area is 162 Å². The van der Waals surface area contributed by atoms with E-state index in [4.69, 9.17) is 4.74 Å². The molecule has 0 saturated carbocycles. The van der Waals surface area contributed by atoms with E-state index in [1.165, 1.54) is 10.7 Å². The summed E-state index contributed by atoms with van der Waals surface area (Å²) in [4.78, 5) is 30.7. The molecular weight excluding hydrogens is 362 g/mol. The fourth-order valence-electron chi connectivity index (χ4n) is 3.48. The first-order valence-corrected chi connectivity index (χ1v) is 9.63. The third kappa shape index (κ3) is 4.23. The Morgan fingerprint density at radius 2 is 1.75 bits per heavy atom. The van der Waals surface area contributed by atoms with E-state index in [9.17, 15) is 9.59 Å². The molecule has 2 aliphatic rings. The van der Waals surface area contributed by atoms with Gasteiger partial charge in [-0.1, -0.05) is 0 Å². The Hall–Kier alpha value is -2.72. The fraction of sp³-hybridized carbons (Fsp3) is 0.556. The zero-order chi connectivity index (χ0) is 19.3. The van der Waals surface area contributed by atoms with Gasteiger partial charge in [-0.15, -0.1) is 5.10 Å². The van der Waals surface area contributed by atoms with Crippen LogP contribution in [0, 0.1) is 0 Å². The molecule has 4 heterocycles. The number of carbonyl (C=O) groups excluding carboxylic acids is 1. The molecule has 4 rings (SSSR count). The van der Waals surface area contributed by atoms with Crippen molar-refractivity contribution in [2.75, 3.05) is 59.0 Å². The molecule has 0 bridgehead atoms. The molecule has 10 nitrogen and oxygen atoms in total. The van der Waals surface area contributed by atoms with Crippen LogP contribution in [0.15, 0.2) is 35.4 Å². The van der Waals surface area contributed by atoms with E-state index in [-0.39, 0.29) is 11.6 Å². The number of morpholine rings is 1. The van der Waals surface area contributed by atoms with E-state index in [1.54, 1.807) is 23.1 Å². The molecule has 2 aromatic heterocycles. The van der Waals surface area contributed by atoms with Gasteiger partial charge in [-0.05, 0) is 12.1 Å². The molecule has 2 amide bonds. The van der Waals surface area contributed by atoms with Crippen LogP contribution in [0.5, 0.6) is 0 Å². The van der Waals surface area contributed by atoms with Crippen LogP contribution >= 0.6 is 0 Å². The molecule has 2 aromatic rings. The van der Waals surface area contributed by atoms with Crippen LogP contribution in [-0.4, -0.2) is 99.3 Å². The first-order valence-electron chi connectivity index (χ1n) is 9.63. The van der Waals surface area contributed by atoms with E-state index in [0.717, 1.165) is 19.6 Å². The van der Waals surface area contributed by atoms with Crippen molar-refractivity contribution in [2.24, 2.45) is 0 Å². The average Bonchev–Trinajstić information content (AvgIpc) is 3.29. The molecule has 10 heteroatoms. The number of hydrogen-bond donors (Lipinski definition) is 0. The largest absolute Gasteiger partial charge is 0.378 e. The minimum Gasteiger partial charge on any atom is -0.378 e. The van der Waals surface area contributed by atoms with Crippen molar-refractivity contribution in [1.82, 2.24) is 34.3 Å². The van der Waals surface area contributed by atoms with E-state index >= 15 is 0 Å². The lowest BCUT2D eigenvalue weighted by Gasteiger charge is -2.38. The topological polar surface area (TPSA) is 88.7 Å². The first-order chi connectivity index (χ1) is 13.7. The number of piperazine rings is 1. The highest BCUT2D eigenvalue weighted by atomic mass is 16.5. The molecule has 0 radical (unpaired) electrons. The van der Waals surface area contributed by atoms with E-state index in [1.807, 2.05) is 15.9 Å². The van der Waals surface area contributed by atoms with Gasteiger partial charge in [-0.2, -0.15) is 5.10 Å². The predicted molar refractivity (Wildman–Crippen MR) is 101 cm³/mol. The highest BCUT2D eigenvalue weighted by Crippen LogP contribution is 2.08. The van der Waals surface area contributed by atoms with Gasteiger partial charge in [-0.3, -0.25) is 9.69 Å². The van der Waals surface area contributed by atoms with Crippen LogP contribution in [0.25, 0.3) is 5.82 Å². The van der Waals surface area contributed by atoms with Crippen molar-refractivity contribution in [1.29, 1.82) is 0 Å². The Morgan fingerprint density at radius 1 is 1.00 bits per heavy atom. The summed E-state index contributed by atoms with van der Waals surface area (Å²) in [7, 11) is 0. The zero-order valence-electron chi connectivity index (χ0n) is 15.8. The monoisotopic (exact) mass is 387 g/mol. The smallest absolute Gasteiger partial charge is 0.320 e. The van der Waals surface area contributed by atoms with E-state index < -0.39 is 0 Å². The summed E-state index contributed by atoms with van der Waals surface area (Å²) in [6.45, 7) is 6.78. The number of amides is 2. The number of carbonyl (C=O) groups is 1. The maximum absolute atomic E-state index is 12.5. The van der Waals surface area contributed by atoms with Crippen LogP contribution in [0.3, 0.4) is 0 Å². The van der Waals surface area contributed by atoms with Gasteiger partial charge in [0.05, 0.1) is 19.8 Å². The van der Waals surface area contributed by atoms with Crippen LogP contribution in [0.2, 0.25) is 0 Å². The van der Waals surface area contributed by atoms with Gasteiger partial charge in [0.15, 0.2) is 5.82 Å². The number of aromatic nitrogens is 4. The maximum Gasteiger partial charge on any atom is 0.320 e. The molecule has 0 atom stereocenters. The lowest BCUT2D eigenvalue weighted by atomic mass is 10.3. The first kappa shape index (κ1) is 18.6. The summed E-state index contributed by atoms with van der Waals surface area (Å²) in [5.74, 6) is 0.616. The second-order valence-electron chi connectivity index (χ2n) is 6.91. The number of urea groups is 1. The quantitative estimate of drug-likeness (QED) is 0.703. The molecule has 0 N–H and O–H groups in total. The Bertz CT molecular complexity index is 837. The van der Waals surface area contributed by atoms with Gasteiger partial charge >= 0.3 is 6.03 Å². The number of ether oxygens (including phenoxy) is 1. The predicted octanol–water partition coefficient (Wildman–Crippen LogP) is -0.501. The number of rotatable bonds is 4. The van der Waals surface area contributed by atoms with Crippen LogP contribution in [0.1, 0.15) is 0 Å². The van der Waals surface area contributed by atoms with E-state index in [0.29, 0.717) is 51.8 Å². The highest BCUT2D eigenvalue weighted by Gasteiger charge is 2.26. The summed E-state index contributed by atoms with van der Waals surface area (Å²) < 4.78 is 8.42. The van der Waals surface area contributed by atoms with Crippen molar-refractivity contribution < 1.29 is 9.53 Å². The molecule has 2 aliphatic heterocycles. The van der Waals surface area contributed by atoms with Crippen LogP contribution in [0.4, 0.5) is 4.79 Å². The summed E-state index contributed by atoms with van der Waals surface area (Å²) in [5, 5.41) is 8.55. The van der Waals surface area contributed by atoms with Crippen LogP contribution < -0.4 is 5.56 Å². The van der Waals surface area contributed by atoms with Crippen molar-refractivity contribution in [3.05, 3.63) is 40.9 Å². The standard InChI is InChI=1S/C18H25N7O3/c26-17-3-2-16(24-5-1-4-19-24)20-25(17)11-8-21-6-9-22(10-7-21)18(27)23-12-14-28-15-13-23/h1-5H,6-15H2. The molecular formula is C18H25N7O3. The number of nitrogens with zero attached hydrogens (tertiary/aromatic N) is 7. The van der Waals surface area contributed by atoms with Crippen molar-refractivity contribution in [3.8, 4) is 5.82 Å². The number of hydrogen-bond acceptors (Lipinski definition) is 6. The molecule has 150 valence electrons. The fourth-order valence-corrected chi connectivity index (χ4v) is 3.48. The average molecular weight is 387 g/mol. The summed E-state index contributed by atoms with van der Waals surface area (Å²) in [5.41, 5.74) is -0.128. The van der Waals surface area contributed by atoms with Crippen molar-refractivity contribution in [2.45, 2.75) is 6.54 Å². The van der Waals surface area contributed by atoms with Gasteiger partial charge in [-0.25, -0.2) is 14.2 Å². The molecule has 2 fully saturated rings. The Balaban J connectivity index is 1.29. The lowest BCUT2D eigenvalue weighted by Crippen LogP contribution is -2.55. The summed E-state index contributed by atoms with van der Waals surface area (Å²) in [6, 6.07) is 5.10. The zero-order valence-corrected chi connectivity index (χ0v) is 15.8. The van der Waals surface area contributed by atoms with Gasteiger partial charge in [0.1, 0.15) is 0 Å². The van der Waals surface area contributed by atoms with E-state index in [2.05, 4.69) is 15.1 Å². The second-order valence-corrected chi connectivity index (χ2v) is 6.91. The van der Waals surface area contributed by atoms with Gasteiger partial charge < -0.3 is 14.5 Å². The molecule has 0 aliphatic carbocycles. The SMILES string of the molecule is O=C(N1CCOCC1)N1CCN(CCn2nc(-n3cccn3)ccc2=O)CC1. The summed E-state index contributed by atoms with van der Waals surface area (Å²) in [6.07, 6.45) is 3.47. The second kappa shape index (κ2) is 8.53. The third-order valence-electron chi connectivity index (χ3n) is 5.14. The molecule has 0 spiro atoms. The Kier molecular flexibility index (Phi) is 5.68.